The number of hydrogen-bond acceptors (Lipinski definition) is 4. The van der Waals surface area contributed by atoms with Gasteiger partial charge in [0.1, 0.15) is 17.4 Å². The van der Waals surface area contributed by atoms with Crippen LogP contribution in [0, 0.1) is 5.92 Å². The highest BCUT2D eigenvalue weighted by atomic mass is 16.6. The topological polar surface area (TPSA) is 80.0 Å². The van der Waals surface area contributed by atoms with Crippen LogP contribution in [-0.2, 0) is 9.53 Å². The van der Waals surface area contributed by atoms with Gasteiger partial charge in [-0.05, 0) is 39.3 Å². The molecule has 1 fully saturated rings. The first-order chi connectivity index (χ1) is 9.29. The molecule has 0 aromatic carbocycles. The Bertz CT molecular complexity index is 488. The molecule has 2 rings (SSSR count). The highest BCUT2D eigenvalue weighted by Crippen LogP contribution is 2.38. The van der Waals surface area contributed by atoms with Crippen molar-refractivity contribution in [1.82, 2.24) is 4.90 Å². The molecule has 0 radical (unpaired) electrons. The normalized spacial score (nSPS) is 22.9. The molecule has 1 N–H and O–H groups in total. The van der Waals surface area contributed by atoms with Crippen LogP contribution < -0.4 is 0 Å². The fourth-order valence-corrected chi connectivity index (χ4v) is 2.39. The maximum atomic E-state index is 12.2. The monoisotopic (exact) mass is 281 g/mol. The number of carbonyl (C=O) groups is 2. The van der Waals surface area contributed by atoms with E-state index in [4.69, 9.17) is 9.15 Å². The van der Waals surface area contributed by atoms with E-state index < -0.39 is 29.6 Å². The predicted molar refractivity (Wildman–Crippen MR) is 70.1 cm³/mol. The van der Waals surface area contributed by atoms with E-state index in [0.717, 1.165) is 0 Å². The zero-order valence-electron chi connectivity index (χ0n) is 11.8. The molecule has 1 aliphatic heterocycles. The van der Waals surface area contributed by atoms with Gasteiger partial charge in [-0.15, -0.1) is 0 Å². The number of rotatable bonds is 2. The Morgan fingerprint density at radius 1 is 1.45 bits per heavy atom. The summed E-state index contributed by atoms with van der Waals surface area (Å²) in [5.74, 6) is -1.13. The lowest BCUT2D eigenvalue weighted by molar-refractivity contribution is -0.142. The molecular weight excluding hydrogens is 262 g/mol. The minimum absolute atomic E-state index is 0.344. The highest BCUT2D eigenvalue weighted by molar-refractivity contribution is 5.75. The number of ether oxygens (including phenoxy) is 1. The van der Waals surface area contributed by atoms with Gasteiger partial charge in [-0.1, -0.05) is 0 Å². The third kappa shape index (κ3) is 2.95. The van der Waals surface area contributed by atoms with Gasteiger partial charge in [0, 0.05) is 6.54 Å². The van der Waals surface area contributed by atoms with Crippen LogP contribution in [0.15, 0.2) is 22.8 Å². The molecule has 20 heavy (non-hydrogen) atoms. The molecule has 0 bridgehead atoms. The highest BCUT2D eigenvalue weighted by Gasteiger charge is 2.45. The van der Waals surface area contributed by atoms with Gasteiger partial charge in [0.2, 0.25) is 0 Å². The Hall–Kier alpha value is -1.98. The van der Waals surface area contributed by atoms with Crippen LogP contribution in [0.25, 0.3) is 0 Å². The molecule has 110 valence electrons. The third-order valence-electron chi connectivity index (χ3n) is 3.18. The number of nitrogens with zero attached hydrogens (tertiary/aromatic N) is 1. The number of amides is 1. The van der Waals surface area contributed by atoms with Crippen LogP contribution in [0.4, 0.5) is 4.79 Å². The van der Waals surface area contributed by atoms with Crippen LogP contribution in [0.3, 0.4) is 0 Å². The van der Waals surface area contributed by atoms with E-state index in [9.17, 15) is 14.7 Å². The smallest absolute Gasteiger partial charge is 0.410 e. The van der Waals surface area contributed by atoms with Crippen molar-refractivity contribution in [3.8, 4) is 0 Å². The fourth-order valence-electron chi connectivity index (χ4n) is 2.39. The second-order valence-electron chi connectivity index (χ2n) is 5.87. The summed E-state index contributed by atoms with van der Waals surface area (Å²) in [5, 5.41) is 9.29. The summed E-state index contributed by atoms with van der Waals surface area (Å²) in [6.07, 6.45) is 1.35. The van der Waals surface area contributed by atoms with Crippen molar-refractivity contribution in [2.45, 2.75) is 38.8 Å². The number of carboxylic acids is 1. The van der Waals surface area contributed by atoms with Gasteiger partial charge in [0.05, 0.1) is 12.2 Å². The summed E-state index contributed by atoms with van der Waals surface area (Å²) in [6, 6.07) is 2.75. The Labute approximate surface area is 117 Å². The van der Waals surface area contributed by atoms with E-state index >= 15 is 0 Å². The summed E-state index contributed by atoms with van der Waals surface area (Å²) < 4.78 is 10.6. The van der Waals surface area contributed by atoms with E-state index in [1.54, 1.807) is 32.9 Å². The first-order valence-electron chi connectivity index (χ1n) is 6.55. The number of carbonyl (C=O) groups excluding carboxylic acids is 1. The lowest BCUT2D eigenvalue weighted by atomic mass is 9.99. The Morgan fingerprint density at radius 2 is 2.15 bits per heavy atom. The standard InChI is InChI=1S/C14H19NO5/c1-14(2,3)20-13(18)15-7-6-9(12(16)17)11(15)10-5-4-8-19-10/h4-5,8-9,11H,6-7H2,1-3H3,(H,16,17)/t9-,11-/m0/s1. The molecule has 1 aromatic rings. The van der Waals surface area contributed by atoms with Crippen molar-refractivity contribution in [1.29, 1.82) is 0 Å². The summed E-state index contributed by atoms with van der Waals surface area (Å²) in [6.45, 7) is 5.67. The number of carboxylic acid groups (broad SMARTS) is 1. The molecule has 1 saturated heterocycles. The molecule has 1 aromatic heterocycles. The average molecular weight is 281 g/mol. The maximum absolute atomic E-state index is 12.2. The molecule has 0 saturated carbocycles. The molecule has 0 spiro atoms. The van der Waals surface area contributed by atoms with Crippen LogP contribution in [0.1, 0.15) is 39.0 Å². The Balaban J connectivity index is 2.24. The second kappa shape index (κ2) is 5.19. The van der Waals surface area contributed by atoms with Crippen LogP contribution in [0.5, 0.6) is 0 Å². The van der Waals surface area contributed by atoms with Gasteiger partial charge < -0.3 is 14.3 Å². The van der Waals surface area contributed by atoms with E-state index in [2.05, 4.69) is 0 Å². The van der Waals surface area contributed by atoms with Crippen LogP contribution >= 0.6 is 0 Å². The van der Waals surface area contributed by atoms with Gasteiger partial charge in [-0.25, -0.2) is 4.79 Å². The summed E-state index contributed by atoms with van der Waals surface area (Å²) in [4.78, 5) is 25.0. The van der Waals surface area contributed by atoms with Crippen molar-refractivity contribution >= 4 is 12.1 Å². The molecule has 6 heteroatoms. The Morgan fingerprint density at radius 3 is 2.65 bits per heavy atom. The molecule has 2 heterocycles. The minimum Gasteiger partial charge on any atom is -0.481 e. The zero-order valence-corrected chi connectivity index (χ0v) is 11.8. The van der Waals surface area contributed by atoms with Gasteiger partial charge in [0.15, 0.2) is 0 Å². The first-order valence-corrected chi connectivity index (χ1v) is 6.55. The van der Waals surface area contributed by atoms with Gasteiger partial charge >= 0.3 is 12.1 Å². The minimum atomic E-state index is -0.933. The fraction of sp³-hybridized carbons (Fsp3) is 0.571. The lowest BCUT2D eigenvalue weighted by Crippen LogP contribution is -2.38. The summed E-state index contributed by atoms with van der Waals surface area (Å²) in [5.41, 5.74) is -0.619. The van der Waals surface area contributed by atoms with Crippen molar-refractivity contribution < 1.29 is 23.8 Å². The van der Waals surface area contributed by atoms with Gasteiger partial charge in [0.25, 0.3) is 0 Å². The molecular formula is C14H19NO5. The summed E-state index contributed by atoms with van der Waals surface area (Å²) in [7, 11) is 0. The lowest BCUT2D eigenvalue weighted by Gasteiger charge is -2.28. The second-order valence-corrected chi connectivity index (χ2v) is 5.87. The molecule has 0 aliphatic carbocycles. The van der Waals surface area contributed by atoms with E-state index in [1.165, 1.54) is 11.2 Å². The van der Waals surface area contributed by atoms with Crippen molar-refractivity contribution in [2.24, 2.45) is 5.92 Å². The summed E-state index contributed by atoms with van der Waals surface area (Å²) >= 11 is 0. The molecule has 1 aliphatic rings. The van der Waals surface area contributed by atoms with Crippen molar-refractivity contribution in [3.05, 3.63) is 24.2 Å². The van der Waals surface area contributed by atoms with Gasteiger partial charge in [-0.3, -0.25) is 9.69 Å². The quantitative estimate of drug-likeness (QED) is 0.901. The van der Waals surface area contributed by atoms with E-state index in [-0.39, 0.29) is 0 Å². The number of hydrogen-bond donors (Lipinski definition) is 1. The largest absolute Gasteiger partial charge is 0.481 e. The molecule has 0 unspecified atom stereocenters. The molecule has 6 nitrogen and oxygen atoms in total. The zero-order chi connectivity index (χ0) is 14.9. The molecule has 2 atom stereocenters. The number of aliphatic carboxylic acids is 1. The maximum Gasteiger partial charge on any atom is 0.410 e. The number of likely N-dealkylation sites (tertiary alicyclic amines) is 1. The first kappa shape index (κ1) is 14.4. The van der Waals surface area contributed by atoms with E-state index in [1.807, 2.05) is 0 Å². The SMILES string of the molecule is CC(C)(C)OC(=O)N1CC[C@H](C(=O)O)[C@H]1c1ccco1. The predicted octanol–water partition coefficient (Wildman–Crippen LogP) is 2.66. The Kier molecular flexibility index (Phi) is 3.74. The molecule has 1 amide bonds. The van der Waals surface area contributed by atoms with Crippen LogP contribution in [0.2, 0.25) is 0 Å². The van der Waals surface area contributed by atoms with E-state index in [0.29, 0.717) is 18.7 Å². The third-order valence-corrected chi connectivity index (χ3v) is 3.18. The number of furan rings is 1. The van der Waals surface area contributed by atoms with Crippen LogP contribution in [-0.4, -0.2) is 34.2 Å². The van der Waals surface area contributed by atoms with Crippen molar-refractivity contribution in [2.75, 3.05) is 6.54 Å². The average Bonchev–Trinajstić information content (AvgIpc) is 2.95. The van der Waals surface area contributed by atoms with Gasteiger partial charge in [-0.2, -0.15) is 0 Å². The van der Waals surface area contributed by atoms with Crippen molar-refractivity contribution in [3.63, 3.8) is 0 Å².